The first-order chi connectivity index (χ1) is 12.0. The number of nitrogens with zero attached hydrogens (tertiary/aromatic N) is 3. The lowest BCUT2D eigenvalue weighted by atomic mass is 10.1. The van der Waals surface area contributed by atoms with Crippen LogP contribution in [0, 0.1) is 10.9 Å². The van der Waals surface area contributed by atoms with Crippen LogP contribution in [-0.4, -0.2) is 16.2 Å². The molecule has 2 heterocycles. The number of aromatic nitrogens is 2. The number of hydrogen-bond acceptors (Lipinski definition) is 5. The summed E-state index contributed by atoms with van der Waals surface area (Å²) in [5.41, 5.74) is 2.61. The fraction of sp³-hybridized carbons (Fsp3) is 0.0625. The van der Waals surface area contributed by atoms with E-state index in [1.54, 1.807) is 0 Å². The number of alkyl halides is 2. The van der Waals surface area contributed by atoms with Crippen molar-refractivity contribution in [1.82, 2.24) is 9.97 Å². The van der Waals surface area contributed by atoms with Crippen molar-refractivity contribution in [2.75, 3.05) is 5.43 Å². The van der Waals surface area contributed by atoms with E-state index < -0.39 is 17.9 Å². The third-order valence-corrected chi connectivity index (χ3v) is 3.87. The van der Waals surface area contributed by atoms with Gasteiger partial charge in [-0.2, -0.15) is 9.49 Å². The standard InChI is InChI=1S/C16H10F4N4S/c17-10-3-1-9(2-4-10)12-7-13(15(19)20)23-16(22-12)24-21-8-11-5-6-14(18)25-11/h1-8,15H,(H,22,23,24)/b21-8+. The van der Waals surface area contributed by atoms with Crippen molar-refractivity contribution in [3.63, 3.8) is 0 Å². The molecule has 0 atom stereocenters. The summed E-state index contributed by atoms with van der Waals surface area (Å²) in [5.74, 6) is -0.594. The SMILES string of the molecule is Fc1ccc(-c2cc(C(F)F)nc(N/N=C/c3ccc(F)s3)n2)cc1. The summed E-state index contributed by atoms with van der Waals surface area (Å²) in [5, 5.41) is 3.45. The van der Waals surface area contributed by atoms with Crippen molar-refractivity contribution in [3.05, 3.63) is 64.0 Å². The van der Waals surface area contributed by atoms with E-state index in [-0.39, 0.29) is 16.8 Å². The Bertz CT molecular complexity index is 893. The molecule has 3 rings (SSSR count). The van der Waals surface area contributed by atoms with Gasteiger partial charge in [0, 0.05) is 5.56 Å². The molecule has 4 nitrogen and oxygen atoms in total. The maximum atomic E-state index is 13.0. The molecule has 0 saturated carbocycles. The molecule has 128 valence electrons. The van der Waals surface area contributed by atoms with E-state index in [9.17, 15) is 17.6 Å². The third-order valence-electron chi connectivity index (χ3n) is 3.06. The number of halogens is 4. The van der Waals surface area contributed by atoms with E-state index in [0.717, 1.165) is 17.4 Å². The van der Waals surface area contributed by atoms with Gasteiger partial charge in [-0.15, -0.1) is 11.3 Å². The highest BCUT2D eigenvalue weighted by molar-refractivity contribution is 7.12. The summed E-state index contributed by atoms with van der Waals surface area (Å²) in [7, 11) is 0. The molecule has 0 unspecified atom stereocenters. The van der Waals surface area contributed by atoms with Gasteiger partial charge in [0.15, 0.2) is 5.13 Å². The van der Waals surface area contributed by atoms with Gasteiger partial charge in [0.05, 0.1) is 16.8 Å². The van der Waals surface area contributed by atoms with Gasteiger partial charge < -0.3 is 0 Å². The highest BCUT2D eigenvalue weighted by Crippen LogP contribution is 2.24. The Morgan fingerprint density at radius 3 is 2.44 bits per heavy atom. The molecule has 1 aromatic carbocycles. The maximum absolute atomic E-state index is 13.0. The molecule has 0 aliphatic rings. The van der Waals surface area contributed by atoms with E-state index in [0.29, 0.717) is 10.4 Å². The lowest BCUT2D eigenvalue weighted by Gasteiger charge is -2.07. The molecule has 25 heavy (non-hydrogen) atoms. The van der Waals surface area contributed by atoms with E-state index in [4.69, 9.17) is 0 Å². The smallest absolute Gasteiger partial charge is 0.245 e. The Morgan fingerprint density at radius 1 is 1.04 bits per heavy atom. The van der Waals surface area contributed by atoms with Crippen LogP contribution in [0.4, 0.5) is 23.5 Å². The van der Waals surface area contributed by atoms with Gasteiger partial charge in [-0.25, -0.2) is 28.6 Å². The second kappa shape index (κ2) is 7.39. The maximum Gasteiger partial charge on any atom is 0.280 e. The highest BCUT2D eigenvalue weighted by atomic mass is 32.1. The normalized spacial score (nSPS) is 11.4. The summed E-state index contributed by atoms with van der Waals surface area (Å²) < 4.78 is 52.0. The second-order valence-corrected chi connectivity index (χ2v) is 5.89. The van der Waals surface area contributed by atoms with Crippen molar-refractivity contribution in [2.45, 2.75) is 6.43 Å². The van der Waals surface area contributed by atoms with Gasteiger partial charge in [0.25, 0.3) is 6.43 Å². The van der Waals surface area contributed by atoms with Gasteiger partial charge in [0.1, 0.15) is 11.5 Å². The van der Waals surface area contributed by atoms with Crippen LogP contribution in [0.2, 0.25) is 0 Å². The van der Waals surface area contributed by atoms with Crippen LogP contribution in [0.1, 0.15) is 17.0 Å². The number of thiophene rings is 1. The molecular formula is C16H10F4N4S. The average molecular weight is 366 g/mol. The molecule has 0 fully saturated rings. The van der Waals surface area contributed by atoms with Crippen LogP contribution < -0.4 is 5.43 Å². The largest absolute Gasteiger partial charge is 0.280 e. The molecule has 0 amide bonds. The summed E-state index contributed by atoms with van der Waals surface area (Å²) in [6.07, 6.45) is -1.48. The Labute approximate surface area is 143 Å². The number of hydrogen-bond donors (Lipinski definition) is 1. The predicted molar refractivity (Wildman–Crippen MR) is 87.9 cm³/mol. The summed E-state index contributed by atoms with van der Waals surface area (Å²) in [6.45, 7) is 0. The van der Waals surface area contributed by atoms with Crippen LogP contribution in [0.3, 0.4) is 0 Å². The lowest BCUT2D eigenvalue weighted by Crippen LogP contribution is -2.02. The molecule has 0 bridgehead atoms. The number of benzene rings is 1. The molecule has 2 aromatic heterocycles. The number of hydrazone groups is 1. The first-order valence-electron chi connectivity index (χ1n) is 6.99. The van der Waals surface area contributed by atoms with Gasteiger partial charge in [0.2, 0.25) is 5.95 Å². The fourth-order valence-electron chi connectivity index (χ4n) is 1.95. The van der Waals surface area contributed by atoms with Gasteiger partial charge in [-0.1, -0.05) is 0 Å². The molecular weight excluding hydrogens is 356 g/mol. The van der Waals surface area contributed by atoms with Gasteiger partial charge in [-0.3, -0.25) is 0 Å². The summed E-state index contributed by atoms with van der Waals surface area (Å²) in [4.78, 5) is 8.31. The lowest BCUT2D eigenvalue weighted by molar-refractivity contribution is 0.146. The Kier molecular flexibility index (Phi) is 5.03. The van der Waals surface area contributed by atoms with Crippen molar-refractivity contribution in [2.24, 2.45) is 5.10 Å². The second-order valence-electron chi connectivity index (χ2n) is 4.82. The van der Waals surface area contributed by atoms with Crippen molar-refractivity contribution >= 4 is 23.5 Å². The van der Waals surface area contributed by atoms with Crippen LogP contribution in [0.15, 0.2) is 47.6 Å². The minimum atomic E-state index is -2.81. The molecule has 9 heteroatoms. The molecule has 0 spiro atoms. The monoisotopic (exact) mass is 366 g/mol. The van der Waals surface area contributed by atoms with Crippen LogP contribution in [-0.2, 0) is 0 Å². The van der Waals surface area contributed by atoms with Crippen molar-refractivity contribution < 1.29 is 17.6 Å². The number of nitrogens with one attached hydrogen (secondary N) is 1. The molecule has 1 N–H and O–H groups in total. The molecule has 0 radical (unpaired) electrons. The Morgan fingerprint density at radius 2 is 1.80 bits per heavy atom. The number of anilines is 1. The topological polar surface area (TPSA) is 50.2 Å². The predicted octanol–water partition coefficient (Wildman–Crippen LogP) is 4.87. The van der Waals surface area contributed by atoms with Crippen LogP contribution in [0.25, 0.3) is 11.3 Å². The summed E-state index contributed by atoms with van der Waals surface area (Å²) >= 11 is 0.880. The fourth-order valence-corrected chi connectivity index (χ4v) is 2.55. The minimum Gasteiger partial charge on any atom is -0.245 e. The van der Waals surface area contributed by atoms with E-state index in [2.05, 4.69) is 20.5 Å². The zero-order valence-electron chi connectivity index (χ0n) is 12.5. The van der Waals surface area contributed by atoms with Gasteiger partial charge >= 0.3 is 0 Å². The molecule has 0 aliphatic carbocycles. The van der Waals surface area contributed by atoms with Crippen LogP contribution >= 0.6 is 11.3 Å². The third kappa shape index (κ3) is 4.38. The van der Waals surface area contributed by atoms with Crippen LogP contribution in [0.5, 0.6) is 0 Å². The first kappa shape index (κ1) is 17.0. The highest BCUT2D eigenvalue weighted by Gasteiger charge is 2.14. The number of rotatable bonds is 5. The van der Waals surface area contributed by atoms with Crippen molar-refractivity contribution in [1.29, 1.82) is 0 Å². The Balaban J connectivity index is 1.87. The Hall–Kier alpha value is -2.81. The van der Waals surface area contributed by atoms with E-state index in [1.807, 2.05) is 0 Å². The van der Waals surface area contributed by atoms with E-state index >= 15 is 0 Å². The molecule has 0 saturated heterocycles. The minimum absolute atomic E-state index is 0.148. The molecule has 0 aliphatic heterocycles. The average Bonchev–Trinajstić information content (AvgIpc) is 3.00. The van der Waals surface area contributed by atoms with Gasteiger partial charge in [-0.05, 0) is 42.5 Å². The quantitative estimate of drug-likeness (QED) is 0.398. The zero-order valence-corrected chi connectivity index (χ0v) is 13.3. The molecule has 3 aromatic rings. The summed E-state index contributed by atoms with van der Waals surface area (Å²) in [6, 6.07) is 9.19. The zero-order chi connectivity index (χ0) is 17.8. The first-order valence-corrected chi connectivity index (χ1v) is 7.80. The van der Waals surface area contributed by atoms with E-state index in [1.165, 1.54) is 42.6 Å². The van der Waals surface area contributed by atoms with Crippen molar-refractivity contribution in [3.8, 4) is 11.3 Å².